The zero-order chi connectivity index (χ0) is 22.7. The van der Waals surface area contributed by atoms with Crippen LogP contribution in [0, 0.1) is 0 Å². The molecule has 0 aliphatic rings. The normalized spacial score (nSPS) is 11.6. The van der Waals surface area contributed by atoms with E-state index < -0.39 is 0 Å². The summed E-state index contributed by atoms with van der Waals surface area (Å²) in [5.41, 5.74) is 9.36. The highest BCUT2D eigenvalue weighted by Crippen LogP contribution is 2.28. The van der Waals surface area contributed by atoms with Crippen molar-refractivity contribution >= 4 is 63.3 Å². The van der Waals surface area contributed by atoms with Crippen molar-refractivity contribution in [3.05, 3.63) is 63.6 Å². The molecular weight excluding hydrogens is 451 g/mol. The van der Waals surface area contributed by atoms with Crippen molar-refractivity contribution in [3.63, 3.8) is 0 Å². The van der Waals surface area contributed by atoms with E-state index in [9.17, 15) is 4.79 Å². The first-order valence-corrected chi connectivity index (χ1v) is 10.6. The number of benzene rings is 2. The number of ether oxygens (including phenoxy) is 1. The van der Waals surface area contributed by atoms with E-state index in [1.165, 1.54) is 4.68 Å². The van der Waals surface area contributed by atoms with Gasteiger partial charge in [-0.1, -0.05) is 41.4 Å². The summed E-state index contributed by atoms with van der Waals surface area (Å²) in [5, 5.41) is 8.16. The average Bonchev–Trinajstić information content (AvgIpc) is 3.06. The van der Waals surface area contributed by atoms with E-state index in [1.54, 1.807) is 31.5 Å². The van der Waals surface area contributed by atoms with E-state index in [-0.39, 0.29) is 17.3 Å². The van der Waals surface area contributed by atoms with Gasteiger partial charge in [0.25, 0.3) is 5.91 Å². The predicted molar refractivity (Wildman–Crippen MR) is 128 cm³/mol. The van der Waals surface area contributed by atoms with Crippen molar-refractivity contribution in [2.45, 2.75) is 6.42 Å². The molecule has 0 aliphatic carbocycles. The number of rotatable bonds is 7. The molecule has 0 spiro atoms. The van der Waals surface area contributed by atoms with Crippen molar-refractivity contribution in [2.24, 2.45) is 5.10 Å². The number of hydrogen-bond acceptors (Lipinski definition) is 6. The highest BCUT2D eigenvalue weighted by molar-refractivity contribution is 6.42. The summed E-state index contributed by atoms with van der Waals surface area (Å²) in [6.07, 6.45) is 2.24. The lowest BCUT2D eigenvalue weighted by atomic mass is 10.2. The summed E-state index contributed by atoms with van der Waals surface area (Å²) in [7, 11) is 1.61. The number of anilines is 1. The van der Waals surface area contributed by atoms with Crippen LogP contribution in [0.15, 0.2) is 47.6 Å². The molecular formula is C22H20Cl2N6O2. The SMILES string of the molecule is COCCCNC(=O)c1c(N)n(N=Cc2ccc(Cl)c(Cl)c2)c2nc3ccccc3nc12. The molecule has 0 unspecified atom stereocenters. The van der Waals surface area contributed by atoms with E-state index in [0.29, 0.717) is 57.4 Å². The molecule has 32 heavy (non-hydrogen) atoms. The minimum atomic E-state index is -0.350. The van der Waals surface area contributed by atoms with Gasteiger partial charge in [-0.3, -0.25) is 4.79 Å². The lowest BCUT2D eigenvalue weighted by Gasteiger charge is -2.05. The van der Waals surface area contributed by atoms with Crippen LogP contribution in [-0.2, 0) is 4.74 Å². The third kappa shape index (κ3) is 4.38. The lowest BCUT2D eigenvalue weighted by Crippen LogP contribution is -2.26. The maximum Gasteiger partial charge on any atom is 0.257 e. The second-order valence-corrected chi connectivity index (χ2v) is 7.79. The second kappa shape index (κ2) is 9.52. The first-order chi connectivity index (χ1) is 15.5. The number of carbonyl (C=O) groups excluding carboxylic acids is 1. The minimum absolute atomic E-state index is 0.135. The molecule has 4 aromatic rings. The van der Waals surface area contributed by atoms with Gasteiger partial charge in [0.05, 0.1) is 27.3 Å². The Balaban J connectivity index is 1.81. The quantitative estimate of drug-likeness (QED) is 0.312. The molecule has 3 N–H and O–H groups in total. The number of nitrogen functional groups attached to an aromatic ring is 1. The number of fused-ring (bicyclic) bond motifs is 2. The molecule has 4 rings (SSSR count). The fraction of sp³-hybridized carbons (Fsp3) is 0.182. The molecule has 0 fully saturated rings. The smallest absolute Gasteiger partial charge is 0.257 e. The molecule has 0 bridgehead atoms. The van der Waals surface area contributed by atoms with Gasteiger partial charge in [-0.25, -0.2) is 9.97 Å². The Bertz CT molecular complexity index is 1340. The topological polar surface area (TPSA) is 107 Å². The largest absolute Gasteiger partial charge is 0.385 e. The minimum Gasteiger partial charge on any atom is -0.385 e. The van der Waals surface area contributed by atoms with Gasteiger partial charge < -0.3 is 15.8 Å². The number of amides is 1. The van der Waals surface area contributed by atoms with Gasteiger partial charge in [0.1, 0.15) is 16.9 Å². The van der Waals surface area contributed by atoms with E-state index in [1.807, 2.05) is 24.3 Å². The van der Waals surface area contributed by atoms with E-state index >= 15 is 0 Å². The number of nitrogens with zero attached hydrogens (tertiary/aromatic N) is 4. The van der Waals surface area contributed by atoms with Gasteiger partial charge in [0.2, 0.25) is 0 Å². The molecule has 0 radical (unpaired) electrons. The highest BCUT2D eigenvalue weighted by atomic mass is 35.5. The van der Waals surface area contributed by atoms with Gasteiger partial charge in [0, 0.05) is 20.3 Å². The number of para-hydroxylation sites is 2. The van der Waals surface area contributed by atoms with Crippen molar-refractivity contribution in [2.75, 3.05) is 26.0 Å². The van der Waals surface area contributed by atoms with E-state index in [2.05, 4.69) is 20.4 Å². The highest BCUT2D eigenvalue weighted by Gasteiger charge is 2.23. The molecule has 0 atom stereocenters. The number of methoxy groups -OCH3 is 1. The van der Waals surface area contributed by atoms with Crippen LogP contribution in [-0.4, -0.2) is 47.0 Å². The Morgan fingerprint density at radius 1 is 1.19 bits per heavy atom. The fourth-order valence-electron chi connectivity index (χ4n) is 3.21. The van der Waals surface area contributed by atoms with E-state index in [0.717, 1.165) is 0 Å². The zero-order valence-electron chi connectivity index (χ0n) is 17.2. The first kappa shape index (κ1) is 22.0. The van der Waals surface area contributed by atoms with Crippen molar-refractivity contribution in [1.82, 2.24) is 20.0 Å². The van der Waals surface area contributed by atoms with Crippen molar-refractivity contribution in [3.8, 4) is 0 Å². The summed E-state index contributed by atoms with van der Waals surface area (Å²) >= 11 is 12.1. The van der Waals surface area contributed by atoms with Crippen LogP contribution in [0.5, 0.6) is 0 Å². The number of nitrogens with one attached hydrogen (secondary N) is 1. The Morgan fingerprint density at radius 3 is 2.66 bits per heavy atom. The molecule has 0 saturated heterocycles. The summed E-state index contributed by atoms with van der Waals surface area (Å²) in [4.78, 5) is 22.3. The Hall–Kier alpha value is -3.20. The molecule has 164 valence electrons. The number of aromatic nitrogens is 3. The molecule has 2 heterocycles. The summed E-state index contributed by atoms with van der Waals surface area (Å²) < 4.78 is 6.43. The van der Waals surface area contributed by atoms with Gasteiger partial charge in [-0.15, -0.1) is 0 Å². The maximum absolute atomic E-state index is 13.0. The summed E-state index contributed by atoms with van der Waals surface area (Å²) in [6, 6.07) is 12.5. The fourth-order valence-corrected chi connectivity index (χ4v) is 3.52. The molecule has 0 saturated carbocycles. The molecule has 2 aromatic heterocycles. The van der Waals surface area contributed by atoms with Crippen molar-refractivity contribution < 1.29 is 9.53 Å². The van der Waals surface area contributed by atoms with Crippen LogP contribution in [0.3, 0.4) is 0 Å². The van der Waals surface area contributed by atoms with Gasteiger partial charge in [-0.05, 0) is 36.2 Å². The molecule has 8 nitrogen and oxygen atoms in total. The first-order valence-electron chi connectivity index (χ1n) is 9.83. The van der Waals surface area contributed by atoms with Gasteiger partial charge >= 0.3 is 0 Å². The number of nitrogens with two attached hydrogens (primary N) is 1. The van der Waals surface area contributed by atoms with Crippen LogP contribution in [0.2, 0.25) is 10.0 Å². The number of halogens is 2. The standard InChI is InChI=1S/C22H20Cl2N6O2/c1-32-10-4-9-26-22(31)18-19-21(29-17-6-3-2-5-16(17)28-19)30(20(18)25)27-12-13-7-8-14(23)15(24)11-13/h2-3,5-8,11-12H,4,9-10,25H2,1H3,(H,26,31). The van der Waals surface area contributed by atoms with Crippen LogP contribution in [0.25, 0.3) is 22.2 Å². The number of hydrogen-bond donors (Lipinski definition) is 2. The summed E-state index contributed by atoms with van der Waals surface area (Å²) in [6.45, 7) is 0.974. The number of carbonyl (C=O) groups is 1. The monoisotopic (exact) mass is 470 g/mol. The van der Waals surface area contributed by atoms with Gasteiger partial charge in [0.15, 0.2) is 5.65 Å². The van der Waals surface area contributed by atoms with Crippen LogP contribution in [0.1, 0.15) is 22.3 Å². The predicted octanol–water partition coefficient (Wildman–Crippen LogP) is 4.12. The summed E-state index contributed by atoms with van der Waals surface area (Å²) in [5.74, 6) is -0.215. The van der Waals surface area contributed by atoms with Crippen molar-refractivity contribution in [1.29, 1.82) is 0 Å². The zero-order valence-corrected chi connectivity index (χ0v) is 18.7. The third-order valence-electron chi connectivity index (χ3n) is 4.78. The second-order valence-electron chi connectivity index (χ2n) is 6.98. The van der Waals surface area contributed by atoms with Crippen LogP contribution >= 0.6 is 23.2 Å². The Morgan fingerprint density at radius 2 is 1.94 bits per heavy atom. The maximum atomic E-state index is 13.0. The Labute approximate surface area is 194 Å². The molecule has 0 aliphatic heterocycles. The molecule has 2 aromatic carbocycles. The molecule has 1 amide bonds. The van der Waals surface area contributed by atoms with E-state index in [4.69, 9.17) is 33.7 Å². The lowest BCUT2D eigenvalue weighted by molar-refractivity contribution is 0.0951. The third-order valence-corrected chi connectivity index (χ3v) is 5.52. The van der Waals surface area contributed by atoms with Crippen LogP contribution in [0.4, 0.5) is 5.82 Å². The Kier molecular flexibility index (Phi) is 6.55. The van der Waals surface area contributed by atoms with Crippen LogP contribution < -0.4 is 11.1 Å². The molecule has 10 heteroatoms. The average molecular weight is 471 g/mol. The van der Waals surface area contributed by atoms with Gasteiger partial charge in [-0.2, -0.15) is 9.78 Å².